The summed E-state index contributed by atoms with van der Waals surface area (Å²) in [6.45, 7) is 2.56. The zero-order valence-corrected chi connectivity index (χ0v) is 17.7. The SMILES string of the molecule is Cc1ccc(-c2csc3ncn(CC(=O)c4ccc5c(c4)CCN5C=O)c(=O)c23)cc1. The summed E-state index contributed by atoms with van der Waals surface area (Å²) in [4.78, 5) is 44.0. The van der Waals surface area contributed by atoms with E-state index in [1.807, 2.05) is 42.6 Å². The molecular formula is C24H19N3O3S. The van der Waals surface area contributed by atoms with E-state index < -0.39 is 0 Å². The van der Waals surface area contributed by atoms with Crippen LogP contribution in [-0.2, 0) is 17.8 Å². The molecule has 2 aromatic heterocycles. The average molecular weight is 430 g/mol. The molecule has 0 fully saturated rings. The fourth-order valence-electron chi connectivity index (χ4n) is 3.98. The van der Waals surface area contributed by atoms with Gasteiger partial charge in [-0.2, -0.15) is 0 Å². The number of Topliss-reactive ketones (excluding diaryl/α,β-unsaturated/α-hetero) is 1. The Morgan fingerprint density at radius 1 is 1.19 bits per heavy atom. The van der Waals surface area contributed by atoms with Gasteiger partial charge >= 0.3 is 0 Å². The third kappa shape index (κ3) is 3.37. The van der Waals surface area contributed by atoms with Crippen LogP contribution >= 0.6 is 11.3 Å². The lowest BCUT2D eigenvalue weighted by atomic mass is 10.0. The van der Waals surface area contributed by atoms with E-state index in [9.17, 15) is 14.4 Å². The van der Waals surface area contributed by atoms with E-state index in [0.717, 1.165) is 40.8 Å². The van der Waals surface area contributed by atoms with Gasteiger partial charge < -0.3 is 4.90 Å². The molecule has 0 aliphatic carbocycles. The van der Waals surface area contributed by atoms with Crippen LogP contribution in [0.3, 0.4) is 0 Å². The third-order valence-electron chi connectivity index (χ3n) is 5.70. The zero-order chi connectivity index (χ0) is 21.5. The van der Waals surface area contributed by atoms with Gasteiger partial charge in [-0.3, -0.25) is 19.0 Å². The number of carbonyl (C=O) groups excluding carboxylic acids is 2. The molecule has 0 atom stereocenters. The van der Waals surface area contributed by atoms with Gasteiger partial charge in [0.1, 0.15) is 4.83 Å². The van der Waals surface area contributed by atoms with Gasteiger partial charge in [0, 0.05) is 28.7 Å². The van der Waals surface area contributed by atoms with Crippen molar-refractivity contribution in [2.24, 2.45) is 0 Å². The van der Waals surface area contributed by atoms with Crippen molar-refractivity contribution in [3.63, 3.8) is 0 Å². The van der Waals surface area contributed by atoms with E-state index in [0.29, 0.717) is 22.3 Å². The number of nitrogens with zero attached hydrogens (tertiary/aromatic N) is 3. The number of thiophene rings is 1. The van der Waals surface area contributed by atoms with Crippen LogP contribution < -0.4 is 10.5 Å². The topological polar surface area (TPSA) is 72.3 Å². The minimum atomic E-state index is -0.219. The number of benzene rings is 2. The van der Waals surface area contributed by atoms with E-state index in [2.05, 4.69) is 4.98 Å². The number of amides is 1. The average Bonchev–Trinajstić information content (AvgIpc) is 3.40. The number of hydrogen-bond donors (Lipinski definition) is 0. The van der Waals surface area contributed by atoms with Crippen molar-refractivity contribution >= 4 is 39.4 Å². The molecule has 0 N–H and O–H groups in total. The van der Waals surface area contributed by atoms with Gasteiger partial charge in [0.15, 0.2) is 5.78 Å². The predicted octanol–water partition coefficient (Wildman–Crippen LogP) is 3.84. The Bertz CT molecular complexity index is 1390. The number of fused-ring (bicyclic) bond motifs is 2. The summed E-state index contributed by atoms with van der Waals surface area (Å²) >= 11 is 1.42. The second kappa shape index (κ2) is 7.59. The van der Waals surface area contributed by atoms with E-state index in [-0.39, 0.29) is 17.9 Å². The maximum Gasteiger partial charge on any atom is 0.263 e. The highest BCUT2D eigenvalue weighted by molar-refractivity contribution is 7.17. The van der Waals surface area contributed by atoms with Crippen molar-refractivity contribution in [1.29, 1.82) is 0 Å². The number of anilines is 1. The lowest BCUT2D eigenvalue weighted by Gasteiger charge is -2.11. The number of rotatable bonds is 5. The largest absolute Gasteiger partial charge is 0.314 e. The van der Waals surface area contributed by atoms with Crippen LogP contribution in [0.25, 0.3) is 21.3 Å². The summed E-state index contributed by atoms with van der Waals surface area (Å²) in [6.07, 6.45) is 2.97. The second-order valence-corrected chi connectivity index (χ2v) is 8.55. The highest BCUT2D eigenvalue weighted by atomic mass is 32.1. The monoisotopic (exact) mass is 429 g/mol. The Labute approximate surface area is 182 Å². The maximum atomic E-state index is 13.2. The first-order valence-corrected chi connectivity index (χ1v) is 10.8. The molecule has 0 spiro atoms. The van der Waals surface area contributed by atoms with Gasteiger partial charge in [-0.1, -0.05) is 29.8 Å². The minimum Gasteiger partial charge on any atom is -0.314 e. The van der Waals surface area contributed by atoms with E-state index >= 15 is 0 Å². The highest BCUT2D eigenvalue weighted by Crippen LogP contribution is 2.31. The van der Waals surface area contributed by atoms with Crippen molar-refractivity contribution in [3.8, 4) is 11.1 Å². The summed E-state index contributed by atoms with van der Waals surface area (Å²) < 4.78 is 1.38. The molecule has 0 saturated carbocycles. The zero-order valence-electron chi connectivity index (χ0n) is 16.9. The molecule has 0 radical (unpaired) electrons. The second-order valence-electron chi connectivity index (χ2n) is 7.69. The Morgan fingerprint density at radius 3 is 2.77 bits per heavy atom. The van der Waals surface area contributed by atoms with Gasteiger partial charge in [0.05, 0.1) is 18.3 Å². The summed E-state index contributed by atoms with van der Waals surface area (Å²) in [5.74, 6) is -0.164. The molecule has 0 unspecified atom stereocenters. The molecule has 1 aliphatic heterocycles. The first-order chi connectivity index (χ1) is 15.0. The molecule has 154 valence electrons. The van der Waals surface area contributed by atoms with E-state index in [1.165, 1.54) is 22.2 Å². The molecule has 2 aromatic carbocycles. The van der Waals surface area contributed by atoms with Crippen LogP contribution in [0.4, 0.5) is 5.69 Å². The van der Waals surface area contributed by atoms with Crippen molar-refractivity contribution < 1.29 is 9.59 Å². The molecule has 7 heteroatoms. The molecule has 1 amide bonds. The highest BCUT2D eigenvalue weighted by Gasteiger charge is 2.21. The molecule has 1 aliphatic rings. The summed E-state index contributed by atoms with van der Waals surface area (Å²) in [5.41, 5.74) is 5.07. The number of hydrogen-bond acceptors (Lipinski definition) is 5. The van der Waals surface area contributed by atoms with Crippen molar-refractivity contribution in [3.05, 3.63) is 81.2 Å². The van der Waals surface area contributed by atoms with Gasteiger partial charge in [-0.15, -0.1) is 11.3 Å². The Balaban J connectivity index is 1.48. The Morgan fingerprint density at radius 2 is 2.00 bits per heavy atom. The number of aryl methyl sites for hydroxylation is 1. The van der Waals surface area contributed by atoms with Gasteiger partial charge in [-0.05, 0) is 42.7 Å². The van der Waals surface area contributed by atoms with Gasteiger partial charge in [-0.25, -0.2) is 4.98 Å². The van der Waals surface area contributed by atoms with Gasteiger partial charge in [0.25, 0.3) is 5.56 Å². The fourth-order valence-corrected chi connectivity index (χ4v) is 4.89. The molecule has 31 heavy (non-hydrogen) atoms. The molecule has 0 saturated heterocycles. The van der Waals surface area contributed by atoms with Crippen molar-refractivity contribution in [1.82, 2.24) is 9.55 Å². The van der Waals surface area contributed by atoms with E-state index in [1.54, 1.807) is 17.0 Å². The van der Waals surface area contributed by atoms with Gasteiger partial charge in [0.2, 0.25) is 6.41 Å². The van der Waals surface area contributed by atoms with Crippen molar-refractivity contribution in [2.45, 2.75) is 19.9 Å². The Hall–Kier alpha value is -3.58. The predicted molar refractivity (Wildman–Crippen MR) is 122 cm³/mol. The van der Waals surface area contributed by atoms with Crippen LogP contribution in [0.1, 0.15) is 21.5 Å². The normalized spacial score (nSPS) is 12.9. The molecule has 4 aromatic rings. The first kappa shape index (κ1) is 19.4. The number of carbonyl (C=O) groups is 2. The standard InChI is InChI=1S/C24H19N3O3S/c1-15-2-4-16(5-3-15)19-12-31-23-22(19)24(30)27(13-25-23)11-21(29)18-6-7-20-17(10-18)8-9-26(20)14-28/h2-7,10,12-14H,8-9,11H2,1H3. The van der Waals surface area contributed by atoms with Crippen LogP contribution in [0.15, 0.2) is 59.0 Å². The quantitative estimate of drug-likeness (QED) is 0.357. The van der Waals surface area contributed by atoms with Crippen LogP contribution in [0.5, 0.6) is 0 Å². The lowest BCUT2D eigenvalue weighted by Crippen LogP contribution is -2.24. The lowest BCUT2D eigenvalue weighted by molar-refractivity contribution is -0.107. The molecule has 0 bridgehead atoms. The van der Waals surface area contributed by atoms with E-state index in [4.69, 9.17) is 0 Å². The van der Waals surface area contributed by atoms with Crippen LogP contribution in [0.2, 0.25) is 0 Å². The summed E-state index contributed by atoms with van der Waals surface area (Å²) in [7, 11) is 0. The number of ketones is 1. The smallest absolute Gasteiger partial charge is 0.263 e. The maximum absolute atomic E-state index is 13.2. The van der Waals surface area contributed by atoms with Crippen LogP contribution in [-0.4, -0.2) is 28.3 Å². The molecule has 6 nitrogen and oxygen atoms in total. The Kier molecular flexibility index (Phi) is 4.75. The summed E-state index contributed by atoms with van der Waals surface area (Å²) in [6, 6.07) is 13.3. The number of aromatic nitrogens is 2. The summed E-state index contributed by atoms with van der Waals surface area (Å²) in [5, 5.41) is 2.48. The van der Waals surface area contributed by atoms with Crippen molar-refractivity contribution in [2.75, 3.05) is 11.4 Å². The fraction of sp³-hybridized carbons (Fsp3) is 0.167. The minimum absolute atomic E-state index is 0.0822. The third-order valence-corrected chi connectivity index (χ3v) is 6.58. The molecular weight excluding hydrogens is 410 g/mol. The first-order valence-electron chi connectivity index (χ1n) is 9.97. The molecule has 3 heterocycles. The molecule has 5 rings (SSSR count). The van der Waals surface area contributed by atoms with Crippen LogP contribution in [0, 0.1) is 6.92 Å².